The number of rotatable bonds is 3. The summed E-state index contributed by atoms with van der Waals surface area (Å²) in [6.45, 7) is 0. The van der Waals surface area contributed by atoms with Crippen molar-refractivity contribution in [3.63, 3.8) is 0 Å². The van der Waals surface area contributed by atoms with Crippen LogP contribution in [0.1, 0.15) is 11.1 Å². The Kier molecular flexibility index (Phi) is 5.04. The van der Waals surface area contributed by atoms with E-state index in [0.29, 0.717) is 11.1 Å². The Hall–Kier alpha value is -1.21. The number of carboxylic acid groups (broad SMARTS) is 1. The first-order chi connectivity index (χ1) is 8.15. The van der Waals surface area contributed by atoms with E-state index < -0.39 is 11.6 Å². The molecule has 92 valence electrons. The third-order valence-electron chi connectivity index (χ3n) is 2.69. The van der Waals surface area contributed by atoms with Crippen LogP contribution in [0.15, 0.2) is 60.7 Å². The van der Waals surface area contributed by atoms with Crippen molar-refractivity contribution in [3.8, 4) is 0 Å². The van der Waals surface area contributed by atoms with Crippen LogP contribution in [-0.2, 0) is 10.4 Å². The molecule has 0 bridgehead atoms. The molecule has 2 N–H and O–H groups in total. The summed E-state index contributed by atoms with van der Waals surface area (Å²) in [4.78, 5) is 11.4. The van der Waals surface area contributed by atoms with Gasteiger partial charge in [0.15, 0.2) is 0 Å². The van der Waals surface area contributed by atoms with Gasteiger partial charge in [-0.05, 0) is 11.1 Å². The monoisotopic (exact) mass is 438 g/mol. The van der Waals surface area contributed by atoms with Gasteiger partial charge in [0, 0.05) is 0 Å². The molecule has 18 heavy (non-hydrogen) atoms. The second-order valence-corrected chi connectivity index (χ2v) is 3.75. The molecule has 0 aliphatic carbocycles. The topological polar surface area (TPSA) is 57.5 Å². The molecule has 2 rings (SSSR count). The Balaban J connectivity index is 0.00000162. The zero-order chi connectivity index (χ0) is 12.3. The molecule has 2 radical (unpaired) electrons. The Morgan fingerprint density at radius 2 is 1.17 bits per heavy atom. The SMILES string of the molecule is O=C(O)C(O)(c1ccccc1)c1ccccc1.[PbH2]. The summed E-state index contributed by atoms with van der Waals surface area (Å²) in [6, 6.07) is 16.7. The normalized spacial score (nSPS) is 10.5. The molecule has 0 spiro atoms. The van der Waals surface area contributed by atoms with Crippen LogP contribution < -0.4 is 0 Å². The average Bonchev–Trinajstić information content (AvgIpc) is 2.39. The summed E-state index contributed by atoms with van der Waals surface area (Å²) >= 11 is 0. The predicted molar refractivity (Wildman–Crippen MR) is 72.1 cm³/mol. The first kappa shape index (κ1) is 14.9. The minimum absolute atomic E-state index is 0. The number of carboxylic acids is 1. The van der Waals surface area contributed by atoms with Crippen molar-refractivity contribution >= 4 is 33.3 Å². The third kappa shape index (κ3) is 2.62. The third-order valence-corrected chi connectivity index (χ3v) is 2.69. The Morgan fingerprint density at radius 3 is 1.44 bits per heavy atom. The van der Waals surface area contributed by atoms with Crippen LogP contribution >= 0.6 is 0 Å². The van der Waals surface area contributed by atoms with Gasteiger partial charge in [0.25, 0.3) is 0 Å². The van der Waals surface area contributed by atoms with E-state index in [4.69, 9.17) is 0 Å². The molecule has 0 unspecified atom stereocenters. The van der Waals surface area contributed by atoms with Gasteiger partial charge in [-0.3, -0.25) is 0 Å². The second-order valence-electron chi connectivity index (χ2n) is 3.75. The van der Waals surface area contributed by atoms with Crippen molar-refractivity contribution in [1.29, 1.82) is 0 Å². The average molecular weight is 437 g/mol. The van der Waals surface area contributed by atoms with Gasteiger partial charge in [-0.2, -0.15) is 0 Å². The fourth-order valence-electron chi connectivity index (χ4n) is 1.77. The Bertz CT molecular complexity index is 472. The molecule has 0 saturated heterocycles. The van der Waals surface area contributed by atoms with Gasteiger partial charge in [-0.25, -0.2) is 4.79 Å². The van der Waals surface area contributed by atoms with Crippen LogP contribution in [-0.4, -0.2) is 43.5 Å². The molecule has 0 amide bonds. The van der Waals surface area contributed by atoms with Gasteiger partial charge in [-0.15, -0.1) is 0 Å². The van der Waals surface area contributed by atoms with Crippen molar-refractivity contribution in [2.24, 2.45) is 0 Å². The number of benzene rings is 2. The van der Waals surface area contributed by atoms with Crippen LogP contribution in [0.2, 0.25) is 0 Å². The standard InChI is InChI=1S/C14H12O3.Pb.2H/c15-13(16)14(17,11-7-3-1-4-8-11)12-9-5-2-6-10-12;;;/h1-10,17H,(H,15,16);;;. The molecule has 3 nitrogen and oxygen atoms in total. The summed E-state index contributed by atoms with van der Waals surface area (Å²) in [5.74, 6) is -1.28. The summed E-state index contributed by atoms with van der Waals surface area (Å²) < 4.78 is 0. The van der Waals surface area contributed by atoms with Crippen LogP contribution in [0, 0.1) is 0 Å². The van der Waals surface area contributed by atoms with Gasteiger partial charge in [-0.1, -0.05) is 60.7 Å². The van der Waals surface area contributed by atoms with Crippen LogP contribution in [0.4, 0.5) is 0 Å². The minimum atomic E-state index is -2.00. The molecule has 0 fully saturated rings. The van der Waals surface area contributed by atoms with Gasteiger partial charge in [0.1, 0.15) is 0 Å². The number of aliphatic hydroxyl groups is 1. The van der Waals surface area contributed by atoms with Crippen molar-refractivity contribution in [1.82, 2.24) is 0 Å². The summed E-state index contributed by atoms with van der Waals surface area (Å²) in [7, 11) is 0. The van der Waals surface area contributed by atoms with Gasteiger partial charge < -0.3 is 10.2 Å². The number of hydrogen-bond donors (Lipinski definition) is 2. The molecule has 0 heterocycles. The summed E-state index contributed by atoms with van der Waals surface area (Å²) in [5.41, 5.74) is -1.31. The van der Waals surface area contributed by atoms with E-state index in [0.717, 1.165) is 0 Å². The molecule has 0 atom stereocenters. The van der Waals surface area contributed by atoms with E-state index >= 15 is 0 Å². The zero-order valence-electron chi connectivity index (χ0n) is 9.78. The molecule has 4 heteroatoms. The molecule has 0 aliphatic heterocycles. The number of aliphatic carboxylic acids is 1. The molecule has 0 aliphatic rings. The molecule has 0 saturated carbocycles. The maximum atomic E-state index is 11.4. The molecule has 2 aromatic carbocycles. The van der Waals surface area contributed by atoms with E-state index in [9.17, 15) is 15.0 Å². The van der Waals surface area contributed by atoms with E-state index in [1.54, 1.807) is 60.7 Å². The van der Waals surface area contributed by atoms with Crippen molar-refractivity contribution < 1.29 is 15.0 Å². The van der Waals surface area contributed by atoms with Crippen LogP contribution in [0.3, 0.4) is 0 Å². The zero-order valence-corrected chi connectivity index (χ0v) is 15.3. The maximum absolute atomic E-state index is 11.4. The van der Waals surface area contributed by atoms with E-state index in [1.165, 1.54) is 0 Å². The fraction of sp³-hybridized carbons (Fsp3) is 0.0714. The van der Waals surface area contributed by atoms with Gasteiger partial charge in [0.05, 0.1) is 0 Å². The molecular formula is C14H14O3Pb. The number of carbonyl (C=O) groups is 1. The van der Waals surface area contributed by atoms with E-state index in [2.05, 4.69) is 0 Å². The second kappa shape index (κ2) is 6.10. The number of hydrogen-bond acceptors (Lipinski definition) is 2. The van der Waals surface area contributed by atoms with Crippen LogP contribution in [0.25, 0.3) is 0 Å². The van der Waals surface area contributed by atoms with Crippen molar-refractivity contribution in [2.75, 3.05) is 0 Å². The van der Waals surface area contributed by atoms with E-state index in [1.807, 2.05) is 0 Å². The van der Waals surface area contributed by atoms with E-state index in [-0.39, 0.29) is 27.3 Å². The van der Waals surface area contributed by atoms with Gasteiger partial charge in [0.2, 0.25) is 5.60 Å². The van der Waals surface area contributed by atoms with Crippen LogP contribution in [0.5, 0.6) is 0 Å². The first-order valence-corrected chi connectivity index (χ1v) is 5.22. The molecule has 0 aromatic heterocycles. The van der Waals surface area contributed by atoms with Gasteiger partial charge >= 0.3 is 33.3 Å². The fourth-order valence-corrected chi connectivity index (χ4v) is 1.77. The quantitative estimate of drug-likeness (QED) is 0.707. The first-order valence-electron chi connectivity index (χ1n) is 5.22. The Labute approximate surface area is 125 Å². The summed E-state index contributed by atoms with van der Waals surface area (Å²) in [5, 5.41) is 19.7. The van der Waals surface area contributed by atoms with Crippen molar-refractivity contribution in [2.45, 2.75) is 5.60 Å². The summed E-state index contributed by atoms with van der Waals surface area (Å²) in [6.07, 6.45) is 0. The predicted octanol–water partition coefficient (Wildman–Crippen LogP) is 1.09. The molecule has 2 aromatic rings. The Morgan fingerprint density at radius 1 is 0.833 bits per heavy atom. The molecular weight excluding hydrogens is 423 g/mol. The van der Waals surface area contributed by atoms with Crippen molar-refractivity contribution in [3.05, 3.63) is 71.8 Å².